The van der Waals surface area contributed by atoms with E-state index in [1.807, 2.05) is 24.5 Å². The number of nitrogens with zero attached hydrogens (tertiary/aromatic N) is 2. The normalized spacial score (nSPS) is 11.7. The molecule has 0 aliphatic rings. The first-order valence-electron chi connectivity index (χ1n) is 9.14. The van der Waals surface area contributed by atoms with Crippen LogP contribution in [0, 0.1) is 0 Å². The molecule has 31 heavy (non-hydrogen) atoms. The average Bonchev–Trinajstić information content (AvgIpc) is 3.12. The van der Waals surface area contributed by atoms with Crippen LogP contribution in [0.15, 0.2) is 47.4 Å². The number of hydrogen-bond acceptors (Lipinski definition) is 5. The molecule has 3 N–H and O–H groups in total. The summed E-state index contributed by atoms with van der Waals surface area (Å²) in [5.74, 6) is -1.77. The van der Waals surface area contributed by atoms with E-state index >= 15 is 0 Å². The highest BCUT2D eigenvalue weighted by atomic mass is 32.2. The summed E-state index contributed by atoms with van der Waals surface area (Å²) >= 11 is 1.51. The van der Waals surface area contributed by atoms with Gasteiger partial charge in [0.25, 0.3) is 0 Å². The van der Waals surface area contributed by atoms with E-state index in [1.165, 1.54) is 34.9 Å². The minimum atomic E-state index is -4.58. The highest BCUT2D eigenvalue weighted by Gasteiger charge is 2.34. The summed E-state index contributed by atoms with van der Waals surface area (Å²) in [6.45, 7) is -0.0862. The number of imidazole rings is 1. The Balaban J connectivity index is 1.55. The fourth-order valence-electron chi connectivity index (χ4n) is 2.91. The van der Waals surface area contributed by atoms with Gasteiger partial charge in [-0.15, -0.1) is 11.8 Å². The predicted molar refractivity (Wildman–Crippen MR) is 114 cm³/mol. The molecule has 0 unspecified atom stereocenters. The van der Waals surface area contributed by atoms with Gasteiger partial charge < -0.3 is 15.6 Å². The van der Waals surface area contributed by atoms with Crippen molar-refractivity contribution in [1.82, 2.24) is 14.9 Å². The molecule has 0 bridgehead atoms. The largest absolute Gasteiger partial charge is 0.449 e. The second-order valence-electron chi connectivity index (χ2n) is 6.78. The molecule has 0 aliphatic heterocycles. The second-order valence-corrected chi connectivity index (χ2v) is 7.63. The van der Waals surface area contributed by atoms with Crippen molar-refractivity contribution < 1.29 is 22.8 Å². The van der Waals surface area contributed by atoms with Crippen LogP contribution in [0.3, 0.4) is 0 Å². The lowest BCUT2D eigenvalue weighted by Gasteiger charge is -2.16. The van der Waals surface area contributed by atoms with Gasteiger partial charge in [-0.25, -0.2) is 4.98 Å². The van der Waals surface area contributed by atoms with Gasteiger partial charge in [0.05, 0.1) is 29.8 Å². The van der Waals surface area contributed by atoms with Crippen molar-refractivity contribution in [2.45, 2.75) is 11.1 Å². The van der Waals surface area contributed by atoms with Crippen LogP contribution in [0.4, 0.5) is 24.5 Å². The summed E-state index contributed by atoms with van der Waals surface area (Å²) in [7, 11) is 1.62. The Morgan fingerprint density at radius 3 is 2.45 bits per heavy atom. The molecule has 11 heteroatoms. The number of thioether (sulfide) groups is 1. The Morgan fingerprint density at radius 2 is 1.77 bits per heavy atom. The van der Waals surface area contributed by atoms with Crippen LogP contribution in [0.25, 0.3) is 11.0 Å². The molecule has 0 radical (unpaired) electrons. The van der Waals surface area contributed by atoms with E-state index in [-0.39, 0.29) is 30.0 Å². The number of amides is 2. The molecule has 1 aromatic heterocycles. The Morgan fingerprint density at radius 1 is 1.10 bits per heavy atom. The van der Waals surface area contributed by atoms with Gasteiger partial charge in [0.1, 0.15) is 0 Å². The third-order valence-corrected chi connectivity index (χ3v) is 5.04. The lowest BCUT2D eigenvalue weighted by molar-refractivity contribution is -0.144. The Hall–Kier alpha value is -3.05. The van der Waals surface area contributed by atoms with Crippen molar-refractivity contribution >= 4 is 46.0 Å². The maximum atomic E-state index is 12.8. The van der Waals surface area contributed by atoms with Crippen LogP contribution in [-0.2, 0) is 15.8 Å². The SMILES string of the molecule is CSc1ccccc1NC(=O)CN(C)CC(=O)Nc1ccc2nc(C(F)(F)F)[nH]c2c1. The van der Waals surface area contributed by atoms with E-state index < -0.39 is 17.9 Å². The third kappa shape index (κ3) is 5.98. The number of aromatic nitrogens is 2. The Bertz CT molecular complexity index is 1100. The number of nitrogens with one attached hydrogen (secondary N) is 3. The molecule has 0 fully saturated rings. The quantitative estimate of drug-likeness (QED) is 0.476. The van der Waals surface area contributed by atoms with Crippen LogP contribution < -0.4 is 10.6 Å². The first-order valence-corrected chi connectivity index (χ1v) is 10.4. The molecule has 0 saturated carbocycles. The molecular formula is C20H20F3N5O2S. The Kier molecular flexibility index (Phi) is 6.86. The molecule has 2 aromatic carbocycles. The molecular weight excluding hydrogens is 431 g/mol. The van der Waals surface area contributed by atoms with Gasteiger partial charge in [-0.2, -0.15) is 13.2 Å². The van der Waals surface area contributed by atoms with Gasteiger partial charge in [0.15, 0.2) is 0 Å². The zero-order chi connectivity index (χ0) is 22.6. The number of para-hydroxylation sites is 1. The fourth-order valence-corrected chi connectivity index (χ4v) is 3.46. The molecule has 2 amide bonds. The lowest BCUT2D eigenvalue weighted by Crippen LogP contribution is -2.36. The molecule has 7 nitrogen and oxygen atoms in total. The molecule has 3 rings (SSSR count). The van der Waals surface area contributed by atoms with Crippen molar-refractivity contribution in [3.8, 4) is 0 Å². The number of benzene rings is 2. The van der Waals surface area contributed by atoms with Gasteiger partial charge in [0.2, 0.25) is 17.6 Å². The summed E-state index contributed by atoms with van der Waals surface area (Å²) in [5, 5.41) is 5.42. The number of hydrogen-bond donors (Lipinski definition) is 3. The van der Waals surface area contributed by atoms with Crippen LogP contribution in [0.1, 0.15) is 5.82 Å². The maximum Gasteiger partial charge on any atom is 0.449 e. The van der Waals surface area contributed by atoms with Gasteiger partial charge in [-0.05, 0) is 43.6 Å². The van der Waals surface area contributed by atoms with Gasteiger partial charge >= 0.3 is 6.18 Å². The minimum Gasteiger partial charge on any atom is -0.334 e. The number of fused-ring (bicyclic) bond motifs is 1. The summed E-state index contributed by atoms with van der Waals surface area (Å²) in [4.78, 5) is 32.7. The first-order chi connectivity index (χ1) is 14.7. The second kappa shape index (κ2) is 9.40. The van der Waals surface area contributed by atoms with Crippen molar-refractivity contribution in [3.63, 3.8) is 0 Å². The molecule has 1 heterocycles. The number of halogens is 3. The van der Waals surface area contributed by atoms with Crippen molar-refractivity contribution in [2.24, 2.45) is 0 Å². The lowest BCUT2D eigenvalue weighted by atomic mass is 10.2. The summed E-state index contributed by atoms with van der Waals surface area (Å²) in [6, 6.07) is 11.6. The van der Waals surface area contributed by atoms with E-state index in [0.29, 0.717) is 11.4 Å². The molecule has 0 saturated heterocycles. The standard InChI is InChI=1S/C20H20F3N5O2S/c1-28(11-18(30)25-14-5-3-4-6-16(14)31-2)10-17(29)24-12-7-8-13-15(9-12)27-19(26-13)20(21,22)23/h3-9H,10-11H2,1-2H3,(H,24,29)(H,25,30)(H,26,27). The highest BCUT2D eigenvalue weighted by molar-refractivity contribution is 7.98. The van der Waals surface area contributed by atoms with E-state index in [0.717, 1.165) is 4.90 Å². The van der Waals surface area contributed by atoms with E-state index in [2.05, 4.69) is 20.6 Å². The number of anilines is 2. The third-order valence-electron chi connectivity index (χ3n) is 4.24. The van der Waals surface area contributed by atoms with Gasteiger partial charge in [0, 0.05) is 10.6 Å². The number of carbonyl (C=O) groups is 2. The Labute approximate surface area is 180 Å². The van der Waals surface area contributed by atoms with Crippen molar-refractivity contribution in [3.05, 3.63) is 48.3 Å². The van der Waals surface area contributed by atoms with E-state index in [1.54, 1.807) is 13.1 Å². The molecule has 0 atom stereocenters. The number of rotatable bonds is 7. The topological polar surface area (TPSA) is 90.1 Å². The average molecular weight is 451 g/mol. The summed E-state index contributed by atoms with van der Waals surface area (Å²) in [5.41, 5.74) is 1.32. The molecule has 0 spiro atoms. The number of likely N-dealkylation sites (N-methyl/N-ethyl adjacent to an activating group) is 1. The minimum absolute atomic E-state index is 0.00926. The smallest absolute Gasteiger partial charge is 0.334 e. The van der Waals surface area contributed by atoms with Gasteiger partial charge in [-0.3, -0.25) is 14.5 Å². The number of H-pyrrole nitrogens is 1. The first kappa shape index (κ1) is 22.6. The number of aromatic amines is 1. The number of carbonyl (C=O) groups excluding carboxylic acids is 2. The molecule has 164 valence electrons. The zero-order valence-corrected chi connectivity index (χ0v) is 17.5. The van der Waals surface area contributed by atoms with Crippen molar-refractivity contribution in [2.75, 3.05) is 37.0 Å². The van der Waals surface area contributed by atoms with Crippen LogP contribution in [0.2, 0.25) is 0 Å². The van der Waals surface area contributed by atoms with E-state index in [4.69, 9.17) is 0 Å². The van der Waals surface area contributed by atoms with Crippen LogP contribution >= 0.6 is 11.8 Å². The van der Waals surface area contributed by atoms with Crippen molar-refractivity contribution in [1.29, 1.82) is 0 Å². The molecule has 3 aromatic rings. The molecule has 0 aliphatic carbocycles. The summed E-state index contributed by atoms with van der Waals surface area (Å²) < 4.78 is 38.3. The van der Waals surface area contributed by atoms with Gasteiger partial charge in [-0.1, -0.05) is 12.1 Å². The van der Waals surface area contributed by atoms with Crippen LogP contribution in [0.5, 0.6) is 0 Å². The summed E-state index contributed by atoms with van der Waals surface area (Å²) in [6.07, 6.45) is -2.67. The zero-order valence-electron chi connectivity index (χ0n) is 16.7. The fraction of sp³-hybridized carbons (Fsp3) is 0.250. The monoisotopic (exact) mass is 451 g/mol. The maximum absolute atomic E-state index is 12.8. The predicted octanol–water partition coefficient (Wildman–Crippen LogP) is 3.81. The van der Waals surface area contributed by atoms with Crippen LogP contribution in [-0.4, -0.2) is 53.1 Å². The highest BCUT2D eigenvalue weighted by Crippen LogP contribution is 2.29. The van der Waals surface area contributed by atoms with E-state index in [9.17, 15) is 22.8 Å². The number of alkyl halides is 3.